The summed E-state index contributed by atoms with van der Waals surface area (Å²) in [6, 6.07) is 11.9. The van der Waals surface area contributed by atoms with Gasteiger partial charge in [-0.25, -0.2) is 14.2 Å². The predicted molar refractivity (Wildman–Crippen MR) is 102 cm³/mol. The van der Waals surface area contributed by atoms with Crippen molar-refractivity contribution >= 4 is 27.8 Å². The molecule has 2 N–H and O–H groups in total. The van der Waals surface area contributed by atoms with Crippen LogP contribution in [0.4, 0.5) is 4.39 Å². The number of carbonyl (C=O) groups is 1. The Hall–Kier alpha value is -3.45. The normalized spacial score (nSPS) is 11.2. The maximum absolute atomic E-state index is 13.8. The lowest BCUT2D eigenvalue weighted by Gasteiger charge is -2.09. The number of aromatic carboxylic acids is 1. The molecule has 0 aliphatic rings. The van der Waals surface area contributed by atoms with Crippen molar-refractivity contribution in [3.05, 3.63) is 71.3 Å². The summed E-state index contributed by atoms with van der Waals surface area (Å²) in [5.74, 6) is -0.890. The Morgan fingerprint density at radius 1 is 1.18 bits per heavy atom. The first kappa shape index (κ1) is 17.9. The number of methoxy groups -OCH3 is 1. The number of nitrogens with zero attached hydrogens (tertiary/aromatic N) is 1. The molecule has 0 unspecified atom stereocenters. The highest BCUT2D eigenvalue weighted by atomic mass is 19.1. The van der Waals surface area contributed by atoms with Gasteiger partial charge in [0.1, 0.15) is 18.2 Å². The first-order valence-corrected chi connectivity index (χ1v) is 8.60. The largest absolute Gasteiger partial charge is 0.489 e. The van der Waals surface area contributed by atoms with E-state index >= 15 is 0 Å². The molecule has 28 heavy (non-hydrogen) atoms. The van der Waals surface area contributed by atoms with Crippen LogP contribution in [0.2, 0.25) is 0 Å². The van der Waals surface area contributed by atoms with Crippen LogP contribution in [0.15, 0.2) is 48.7 Å². The van der Waals surface area contributed by atoms with Gasteiger partial charge >= 0.3 is 5.97 Å². The first-order valence-electron chi connectivity index (χ1n) is 8.60. The summed E-state index contributed by atoms with van der Waals surface area (Å²) in [4.78, 5) is 18.8. The number of hydrogen-bond donors (Lipinski definition) is 2. The van der Waals surface area contributed by atoms with Gasteiger partial charge in [0.05, 0.1) is 18.3 Å². The minimum Gasteiger partial charge on any atom is -0.489 e. The van der Waals surface area contributed by atoms with Crippen molar-refractivity contribution in [1.29, 1.82) is 0 Å². The van der Waals surface area contributed by atoms with Crippen LogP contribution >= 0.6 is 0 Å². The number of halogens is 1. The van der Waals surface area contributed by atoms with Crippen molar-refractivity contribution in [2.75, 3.05) is 7.11 Å². The van der Waals surface area contributed by atoms with E-state index < -0.39 is 5.97 Å². The fraction of sp³-hybridized carbons (Fsp3) is 0.143. The molecule has 0 aliphatic carbocycles. The van der Waals surface area contributed by atoms with Crippen molar-refractivity contribution < 1.29 is 23.8 Å². The number of H-pyrrole nitrogens is 1. The van der Waals surface area contributed by atoms with Gasteiger partial charge in [-0.3, -0.25) is 0 Å². The van der Waals surface area contributed by atoms with Gasteiger partial charge in [-0.2, -0.15) is 0 Å². The molecule has 142 valence electrons. The van der Waals surface area contributed by atoms with Crippen LogP contribution in [0, 0.1) is 5.82 Å². The number of hydrogen-bond acceptors (Lipinski definition) is 4. The highest BCUT2D eigenvalue weighted by Gasteiger charge is 2.19. The summed E-state index contributed by atoms with van der Waals surface area (Å²) in [5, 5.41) is 11.0. The second-order valence-corrected chi connectivity index (χ2v) is 6.32. The topological polar surface area (TPSA) is 84.4 Å². The number of benzene rings is 2. The number of fused-ring (bicyclic) bond motifs is 3. The highest BCUT2D eigenvalue weighted by molar-refractivity contribution is 6.11. The molecule has 2 aromatic carbocycles. The van der Waals surface area contributed by atoms with Gasteiger partial charge < -0.3 is 19.6 Å². The van der Waals surface area contributed by atoms with Crippen LogP contribution in [0.1, 0.15) is 21.6 Å². The molecule has 0 aliphatic heterocycles. The SMILES string of the molecule is COCc1c(C(=O)O)ncc2[nH]c3ccc(OCc4ccccc4F)cc3c12. The molecule has 0 atom stereocenters. The summed E-state index contributed by atoms with van der Waals surface area (Å²) in [6.07, 6.45) is 1.50. The van der Waals surface area contributed by atoms with Gasteiger partial charge in [0.2, 0.25) is 0 Å². The van der Waals surface area contributed by atoms with Crippen molar-refractivity contribution in [2.24, 2.45) is 0 Å². The minimum atomic E-state index is -1.12. The summed E-state index contributed by atoms with van der Waals surface area (Å²) in [7, 11) is 1.50. The second-order valence-electron chi connectivity index (χ2n) is 6.32. The van der Waals surface area contributed by atoms with Crippen molar-refractivity contribution in [1.82, 2.24) is 9.97 Å². The summed E-state index contributed by atoms with van der Waals surface area (Å²) >= 11 is 0. The molecule has 0 amide bonds. The zero-order valence-electron chi connectivity index (χ0n) is 15.0. The fourth-order valence-electron chi connectivity index (χ4n) is 3.27. The maximum Gasteiger partial charge on any atom is 0.354 e. The van der Waals surface area contributed by atoms with Crippen LogP contribution in [-0.2, 0) is 18.0 Å². The Balaban J connectivity index is 1.79. The number of nitrogens with one attached hydrogen (secondary N) is 1. The molecule has 0 saturated carbocycles. The zero-order valence-corrected chi connectivity index (χ0v) is 15.0. The number of pyridine rings is 1. The van der Waals surface area contributed by atoms with Crippen LogP contribution in [0.3, 0.4) is 0 Å². The van der Waals surface area contributed by atoms with E-state index in [1.54, 1.807) is 30.3 Å². The van der Waals surface area contributed by atoms with Gasteiger partial charge in [0.15, 0.2) is 5.69 Å². The van der Waals surface area contributed by atoms with Crippen molar-refractivity contribution in [2.45, 2.75) is 13.2 Å². The molecule has 6 nitrogen and oxygen atoms in total. The molecular weight excluding hydrogens is 363 g/mol. The third-order valence-electron chi connectivity index (χ3n) is 4.55. The van der Waals surface area contributed by atoms with E-state index in [1.165, 1.54) is 19.4 Å². The Morgan fingerprint density at radius 2 is 2.00 bits per heavy atom. The van der Waals surface area contributed by atoms with Gasteiger partial charge in [-0.1, -0.05) is 18.2 Å². The Labute approximate surface area is 159 Å². The molecule has 0 saturated heterocycles. The van der Waals surface area contributed by atoms with Crippen molar-refractivity contribution in [3.63, 3.8) is 0 Å². The van der Waals surface area contributed by atoms with Crippen LogP contribution in [0.5, 0.6) is 5.75 Å². The lowest BCUT2D eigenvalue weighted by Crippen LogP contribution is -2.07. The first-order chi connectivity index (χ1) is 13.6. The van der Waals surface area contributed by atoms with E-state index in [0.717, 1.165) is 16.3 Å². The number of ether oxygens (including phenoxy) is 2. The number of carboxylic acids is 1. The molecule has 2 heterocycles. The third-order valence-corrected chi connectivity index (χ3v) is 4.55. The smallest absolute Gasteiger partial charge is 0.354 e. The second kappa shape index (κ2) is 7.28. The lowest BCUT2D eigenvalue weighted by molar-refractivity contribution is 0.0685. The number of rotatable bonds is 6. The highest BCUT2D eigenvalue weighted by Crippen LogP contribution is 2.32. The predicted octanol–water partition coefficient (Wildman–Crippen LogP) is 4.28. The third kappa shape index (κ3) is 3.16. The number of aromatic nitrogens is 2. The molecule has 4 rings (SSSR count). The summed E-state index contributed by atoms with van der Waals surface area (Å²) in [5.41, 5.74) is 2.42. The summed E-state index contributed by atoms with van der Waals surface area (Å²) in [6.45, 7) is 0.201. The molecule has 0 fully saturated rings. The van der Waals surface area contributed by atoms with E-state index in [1.807, 2.05) is 6.07 Å². The molecular formula is C21H17FN2O4. The quantitative estimate of drug-likeness (QED) is 0.522. The van der Waals surface area contributed by atoms with Gasteiger partial charge in [-0.15, -0.1) is 0 Å². The van der Waals surface area contributed by atoms with Crippen molar-refractivity contribution in [3.8, 4) is 5.75 Å². The summed E-state index contributed by atoms with van der Waals surface area (Å²) < 4.78 is 24.8. The van der Waals surface area contributed by atoms with Gasteiger partial charge in [-0.05, 0) is 24.3 Å². The van der Waals surface area contributed by atoms with E-state index in [-0.39, 0.29) is 24.7 Å². The Kier molecular flexibility index (Phi) is 4.67. The average molecular weight is 380 g/mol. The van der Waals surface area contributed by atoms with Crippen LogP contribution in [0.25, 0.3) is 21.8 Å². The minimum absolute atomic E-state index is 0.0482. The van der Waals surface area contributed by atoms with E-state index in [2.05, 4.69) is 9.97 Å². The Morgan fingerprint density at radius 3 is 2.75 bits per heavy atom. The average Bonchev–Trinajstić information content (AvgIpc) is 3.06. The molecule has 4 aromatic rings. The number of carboxylic acid groups (broad SMARTS) is 1. The monoisotopic (exact) mass is 380 g/mol. The van der Waals surface area contributed by atoms with Gasteiger partial charge in [0, 0.05) is 34.5 Å². The van der Waals surface area contributed by atoms with E-state index in [4.69, 9.17) is 9.47 Å². The van der Waals surface area contributed by atoms with E-state index in [9.17, 15) is 14.3 Å². The molecule has 0 spiro atoms. The standard InChI is InChI=1S/C21H17FN2O4/c1-27-11-15-19-14-8-13(28-10-12-4-2-3-5-16(12)22)6-7-17(14)24-18(19)9-23-20(15)21(25)26/h2-9,24H,10-11H2,1H3,(H,25,26). The molecule has 0 bridgehead atoms. The fourth-order valence-corrected chi connectivity index (χ4v) is 3.27. The molecule has 0 radical (unpaired) electrons. The molecule has 2 aromatic heterocycles. The zero-order chi connectivity index (χ0) is 19.7. The van der Waals surface area contributed by atoms with Crippen LogP contribution < -0.4 is 4.74 Å². The Bertz CT molecular complexity index is 1190. The van der Waals surface area contributed by atoms with Gasteiger partial charge in [0.25, 0.3) is 0 Å². The van der Waals surface area contributed by atoms with E-state index in [0.29, 0.717) is 22.4 Å². The van der Waals surface area contributed by atoms with Crippen LogP contribution in [-0.4, -0.2) is 28.2 Å². The lowest BCUT2D eigenvalue weighted by atomic mass is 10.1. The maximum atomic E-state index is 13.8. The molecule has 7 heteroatoms. The number of aromatic amines is 1.